The van der Waals surface area contributed by atoms with Crippen molar-refractivity contribution in [2.45, 2.75) is 6.42 Å². The fraction of sp³-hybridized carbons (Fsp3) is 0.200. The van der Waals surface area contributed by atoms with Gasteiger partial charge in [-0.1, -0.05) is 0 Å². The number of nitrogens with two attached hydrogens (primary N) is 1. The van der Waals surface area contributed by atoms with E-state index in [9.17, 15) is 4.79 Å². The van der Waals surface area contributed by atoms with Crippen LogP contribution in [0.5, 0.6) is 0 Å². The topological polar surface area (TPSA) is 88.7 Å². The molecule has 0 saturated carbocycles. The Hall–Kier alpha value is -2.76. The molecular formula is C15H17N5O. The first-order valence-corrected chi connectivity index (χ1v) is 6.76. The predicted molar refractivity (Wildman–Crippen MR) is 82.0 cm³/mol. The van der Waals surface area contributed by atoms with Gasteiger partial charge in [-0.25, -0.2) is 0 Å². The molecule has 0 aliphatic carbocycles. The Morgan fingerprint density at radius 3 is 3.10 bits per heavy atom. The molecule has 3 rings (SSSR count). The van der Waals surface area contributed by atoms with Crippen LogP contribution in [0.15, 0.2) is 36.8 Å². The highest BCUT2D eigenvalue weighted by Gasteiger charge is 2.11. The van der Waals surface area contributed by atoms with Crippen LogP contribution in [0, 0.1) is 0 Å². The van der Waals surface area contributed by atoms with Crippen LogP contribution in [0.1, 0.15) is 15.9 Å². The number of nitrogens with one attached hydrogen (secondary N) is 2. The molecule has 0 radical (unpaired) electrons. The molecule has 3 aromatic rings. The van der Waals surface area contributed by atoms with E-state index in [1.807, 2.05) is 31.4 Å². The number of rotatable bonds is 4. The van der Waals surface area contributed by atoms with Gasteiger partial charge in [-0.15, -0.1) is 0 Å². The summed E-state index contributed by atoms with van der Waals surface area (Å²) in [5.74, 6) is -0.101. The molecule has 108 valence electrons. The second kappa shape index (κ2) is 5.32. The minimum absolute atomic E-state index is 0.101. The lowest BCUT2D eigenvalue weighted by molar-refractivity contribution is 0.0956. The lowest BCUT2D eigenvalue weighted by Gasteiger charge is -2.03. The Kier molecular flexibility index (Phi) is 3.35. The van der Waals surface area contributed by atoms with Crippen molar-refractivity contribution >= 4 is 22.5 Å². The summed E-state index contributed by atoms with van der Waals surface area (Å²) in [6.45, 7) is 0.569. The molecule has 1 aromatic carbocycles. The number of H-pyrrole nitrogens is 1. The number of amides is 1. The summed E-state index contributed by atoms with van der Waals surface area (Å²) in [6, 6.07) is 5.49. The molecular weight excluding hydrogens is 266 g/mol. The third-order valence-corrected chi connectivity index (χ3v) is 3.41. The zero-order chi connectivity index (χ0) is 14.8. The number of carbonyl (C=O) groups is 1. The van der Waals surface area contributed by atoms with E-state index in [-0.39, 0.29) is 5.91 Å². The van der Waals surface area contributed by atoms with E-state index in [2.05, 4.69) is 15.4 Å². The zero-order valence-corrected chi connectivity index (χ0v) is 11.8. The molecule has 0 unspecified atom stereocenters. The number of hydrogen-bond donors (Lipinski definition) is 3. The Labute approximate surface area is 121 Å². The molecule has 0 fully saturated rings. The van der Waals surface area contributed by atoms with E-state index in [1.165, 1.54) is 0 Å². The van der Waals surface area contributed by atoms with Gasteiger partial charge in [0.2, 0.25) is 0 Å². The van der Waals surface area contributed by atoms with E-state index in [0.717, 1.165) is 22.9 Å². The van der Waals surface area contributed by atoms with Crippen LogP contribution in [-0.4, -0.2) is 27.2 Å². The van der Waals surface area contributed by atoms with Gasteiger partial charge < -0.3 is 16.0 Å². The zero-order valence-electron chi connectivity index (χ0n) is 11.8. The van der Waals surface area contributed by atoms with Gasteiger partial charge in [0.25, 0.3) is 5.91 Å². The second-order valence-corrected chi connectivity index (χ2v) is 5.04. The Bertz CT molecular complexity index is 786. The highest BCUT2D eigenvalue weighted by atomic mass is 16.1. The second-order valence-electron chi connectivity index (χ2n) is 5.04. The Morgan fingerprint density at radius 2 is 2.33 bits per heavy atom. The van der Waals surface area contributed by atoms with Crippen LogP contribution in [0.25, 0.3) is 10.9 Å². The van der Waals surface area contributed by atoms with Crippen molar-refractivity contribution in [2.24, 2.45) is 7.05 Å². The van der Waals surface area contributed by atoms with Gasteiger partial charge >= 0.3 is 0 Å². The van der Waals surface area contributed by atoms with Crippen molar-refractivity contribution in [3.8, 4) is 0 Å². The number of aryl methyl sites for hydroxylation is 1. The van der Waals surface area contributed by atoms with Crippen molar-refractivity contribution < 1.29 is 4.79 Å². The molecule has 0 spiro atoms. The molecule has 0 aliphatic rings. The van der Waals surface area contributed by atoms with Crippen LogP contribution in [0.2, 0.25) is 0 Å². The van der Waals surface area contributed by atoms with Gasteiger partial charge in [0.1, 0.15) is 0 Å². The first kappa shape index (κ1) is 13.2. The summed E-state index contributed by atoms with van der Waals surface area (Å²) in [6.07, 6.45) is 6.21. The van der Waals surface area contributed by atoms with Crippen LogP contribution in [0.3, 0.4) is 0 Å². The highest BCUT2D eigenvalue weighted by Crippen LogP contribution is 2.20. The highest BCUT2D eigenvalue weighted by molar-refractivity contribution is 6.07. The van der Waals surface area contributed by atoms with E-state index < -0.39 is 0 Å². The summed E-state index contributed by atoms with van der Waals surface area (Å²) in [7, 11) is 1.87. The SMILES string of the molecule is Cn1cc(CCNC(=O)c2c[nH]c3ccc(N)cc23)cn1. The quantitative estimate of drug-likeness (QED) is 0.633. The van der Waals surface area contributed by atoms with Crippen molar-refractivity contribution in [3.05, 3.63) is 47.9 Å². The van der Waals surface area contributed by atoms with Crippen LogP contribution >= 0.6 is 0 Å². The van der Waals surface area contributed by atoms with Gasteiger partial charge in [-0.2, -0.15) is 5.10 Å². The predicted octanol–water partition coefficient (Wildman–Crippen LogP) is 1.46. The first-order chi connectivity index (χ1) is 10.1. The van der Waals surface area contributed by atoms with Gasteiger partial charge in [0, 0.05) is 42.6 Å². The number of aromatic amines is 1. The number of hydrogen-bond acceptors (Lipinski definition) is 3. The minimum atomic E-state index is -0.101. The molecule has 6 nitrogen and oxygen atoms in total. The molecule has 0 bridgehead atoms. The van der Waals surface area contributed by atoms with Gasteiger partial charge in [-0.3, -0.25) is 9.48 Å². The molecule has 1 amide bonds. The average Bonchev–Trinajstić information content (AvgIpc) is 3.04. The van der Waals surface area contributed by atoms with E-state index in [4.69, 9.17) is 5.73 Å². The van der Waals surface area contributed by atoms with Gasteiger partial charge in [-0.05, 0) is 30.2 Å². The van der Waals surface area contributed by atoms with E-state index in [1.54, 1.807) is 17.1 Å². The minimum Gasteiger partial charge on any atom is -0.399 e. The third kappa shape index (κ3) is 2.74. The molecule has 0 aliphatic heterocycles. The number of carbonyl (C=O) groups excluding carboxylic acids is 1. The fourth-order valence-electron chi connectivity index (χ4n) is 2.34. The van der Waals surface area contributed by atoms with E-state index >= 15 is 0 Å². The van der Waals surface area contributed by atoms with Crippen molar-refractivity contribution in [2.75, 3.05) is 12.3 Å². The third-order valence-electron chi connectivity index (χ3n) is 3.41. The summed E-state index contributed by atoms with van der Waals surface area (Å²) in [5, 5.41) is 7.86. The molecule has 0 atom stereocenters. The summed E-state index contributed by atoms with van der Waals surface area (Å²) in [4.78, 5) is 15.3. The largest absolute Gasteiger partial charge is 0.399 e. The fourth-order valence-corrected chi connectivity index (χ4v) is 2.34. The monoisotopic (exact) mass is 283 g/mol. The Morgan fingerprint density at radius 1 is 1.48 bits per heavy atom. The smallest absolute Gasteiger partial charge is 0.253 e. The summed E-state index contributed by atoms with van der Waals surface area (Å²) in [5.41, 5.74) is 9.04. The average molecular weight is 283 g/mol. The van der Waals surface area contributed by atoms with Crippen LogP contribution in [-0.2, 0) is 13.5 Å². The molecule has 21 heavy (non-hydrogen) atoms. The maximum absolute atomic E-state index is 12.2. The molecule has 4 N–H and O–H groups in total. The molecule has 2 aromatic heterocycles. The molecule has 6 heteroatoms. The normalized spacial score (nSPS) is 10.9. The number of benzene rings is 1. The van der Waals surface area contributed by atoms with Crippen molar-refractivity contribution in [1.82, 2.24) is 20.1 Å². The number of nitrogen functional groups attached to an aromatic ring is 1. The van der Waals surface area contributed by atoms with E-state index in [0.29, 0.717) is 17.8 Å². The number of anilines is 1. The molecule has 2 heterocycles. The number of fused-ring (bicyclic) bond motifs is 1. The molecule has 0 saturated heterocycles. The van der Waals surface area contributed by atoms with Crippen molar-refractivity contribution in [1.29, 1.82) is 0 Å². The number of aromatic nitrogens is 3. The summed E-state index contributed by atoms with van der Waals surface area (Å²) >= 11 is 0. The lowest BCUT2D eigenvalue weighted by Crippen LogP contribution is -2.25. The van der Waals surface area contributed by atoms with Crippen LogP contribution in [0.4, 0.5) is 5.69 Å². The van der Waals surface area contributed by atoms with Gasteiger partial charge in [0.15, 0.2) is 0 Å². The standard InChI is InChI=1S/C15H17N5O/c1-20-9-10(7-19-20)4-5-17-15(21)13-8-18-14-3-2-11(16)6-12(13)14/h2-3,6-9,18H,4-5,16H2,1H3,(H,17,21). The number of nitrogens with zero attached hydrogens (tertiary/aromatic N) is 2. The Balaban J connectivity index is 1.68. The maximum atomic E-state index is 12.2. The first-order valence-electron chi connectivity index (χ1n) is 6.76. The van der Waals surface area contributed by atoms with Crippen molar-refractivity contribution in [3.63, 3.8) is 0 Å². The maximum Gasteiger partial charge on any atom is 0.253 e. The van der Waals surface area contributed by atoms with Gasteiger partial charge in [0.05, 0.1) is 11.8 Å². The summed E-state index contributed by atoms with van der Waals surface area (Å²) < 4.78 is 1.75. The lowest BCUT2D eigenvalue weighted by atomic mass is 10.1. The van der Waals surface area contributed by atoms with Crippen LogP contribution < -0.4 is 11.1 Å².